The number of amides is 3. The van der Waals surface area contributed by atoms with E-state index in [0.29, 0.717) is 26.1 Å². The highest BCUT2D eigenvalue weighted by atomic mass is 16.2. The number of nitrogens with zero attached hydrogens (tertiary/aromatic N) is 2. The molecule has 3 fully saturated rings. The Morgan fingerprint density at radius 2 is 2.00 bits per heavy atom. The van der Waals surface area contributed by atoms with E-state index in [1.165, 1.54) is 0 Å². The minimum atomic E-state index is -0.976. The third kappa shape index (κ3) is 2.21. The Kier molecular flexibility index (Phi) is 3.59. The van der Waals surface area contributed by atoms with E-state index >= 15 is 0 Å². The molecule has 7 nitrogen and oxygen atoms in total. The number of carbonyl (C=O) groups excluding carboxylic acids is 3. The third-order valence-electron chi connectivity index (χ3n) is 6.68. The van der Waals surface area contributed by atoms with Gasteiger partial charge in [-0.2, -0.15) is 0 Å². The lowest BCUT2D eigenvalue weighted by molar-refractivity contribution is -0.141. The largest absolute Gasteiger partial charge is 0.359 e. The van der Waals surface area contributed by atoms with Crippen LogP contribution in [0.2, 0.25) is 0 Å². The van der Waals surface area contributed by atoms with E-state index in [2.05, 4.69) is 15.5 Å². The summed E-state index contributed by atoms with van der Waals surface area (Å²) in [7, 11) is 1.62. The summed E-state index contributed by atoms with van der Waals surface area (Å²) in [4.78, 5) is 42.7. The van der Waals surface area contributed by atoms with Crippen LogP contribution in [0.4, 0.5) is 5.69 Å². The van der Waals surface area contributed by atoms with Crippen LogP contribution in [-0.2, 0) is 19.9 Å². The Labute approximate surface area is 158 Å². The van der Waals surface area contributed by atoms with Gasteiger partial charge in [0.2, 0.25) is 17.7 Å². The number of piperazine rings is 1. The molecular weight excluding hydrogens is 344 g/mol. The van der Waals surface area contributed by atoms with Gasteiger partial charge in [0.25, 0.3) is 0 Å². The standard InChI is InChI=1S/C20H24N4O3/c1-21-17(25)15-10-13-11-23(18(26)12-6-7-12)8-9-24(13)20(15)14-4-2-3-5-16(14)22-19(20)27/h2-5,12-13,15H,6-11H2,1H3,(H,21,25)(H,22,27)/t13-,15+,20-/m1/s1. The highest BCUT2D eigenvalue weighted by Crippen LogP contribution is 2.53. The SMILES string of the molecule is CNC(=O)[C@@H]1C[C@@H]2CN(C(=O)C3CC3)CCN2[C@@]12C(=O)Nc1ccccc12. The maximum absolute atomic E-state index is 13.3. The Bertz CT molecular complexity index is 836. The topological polar surface area (TPSA) is 81.8 Å². The lowest BCUT2D eigenvalue weighted by Crippen LogP contribution is -2.61. The molecule has 27 heavy (non-hydrogen) atoms. The smallest absolute Gasteiger partial charge is 0.250 e. The average Bonchev–Trinajstić information content (AvgIpc) is 3.42. The van der Waals surface area contributed by atoms with Crippen LogP contribution in [0.3, 0.4) is 0 Å². The molecule has 0 unspecified atom stereocenters. The van der Waals surface area contributed by atoms with Crippen molar-refractivity contribution >= 4 is 23.4 Å². The molecule has 7 heteroatoms. The second kappa shape index (κ2) is 5.79. The first kappa shape index (κ1) is 16.7. The second-order valence-electron chi connectivity index (χ2n) is 8.07. The maximum atomic E-state index is 13.3. The van der Waals surface area contributed by atoms with Gasteiger partial charge in [0.1, 0.15) is 5.54 Å². The molecule has 1 aromatic carbocycles. The summed E-state index contributed by atoms with van der Waals surface area (Å²) in [5.41, 5.74) is 0.692. The van der Waals surface area contributed by atoms with Crippen molar-refractivity contribution in [3.8, 4) is 0 Å². The lowest BCUT2D eigenvalue weighted by atomic mass is 9.78. The molecule has 2 N–H and O–H groups in total. The van der Waals surface area contributed by atoms with E-state index in [1.807, 2.05) is 29.2 Å². The fourth-order valence-electron chi connectivity index (χ4n) is 5.32. The molecule has 1 saturated carbocycles. The monoisotopic (exact) mass is 368 g/mol. The Morgan fingerprint density at radius 3 is 2.74 bits per heavy atom. The van der Waals surface area contributed by atoms with Gasteiger partial charge >= 0.3 is 0 Å². The average molecular weight is 368 g/mol. The van der Waals surface area contributed by atoms with Crippen molar-refractivity contribution in [2.75, 3.05) is 32.0 Å². The van der Waals surface area contributed by atoms with Gasteiger partial charge in [-0.3, -0.25) is 19.3 Å². The van der Waals surface area contributed by atoms with E-state index in [0.717, 1.165) is 24.1 Å². The number of carbonyl (C=O) groups is 3. The minimum absolute atomic E-state index is 0.0145. The van der Waals surface area contributed by atoms with Crippen molar-refractivity contribution in [1.29, 1.82) is 0 Å². The first-order valence-corrected chi connectivity index (χ1v) is 9.75. The Balaban J connectivity index is 1.55. The predicted octanol–water partition coefficient (Wildman–Crippen LogP) is 0.523. The van der Waals surface area contributed by atoms with Gasteiger partial charge < -0.3 is 15.5 Å². The Hall–Kier alpha value is -2.41. The fraction of sp³-hybridized carbons (Fsp3) is 0.550. The normalized spacial score (nSPS) is 32.2. The number of fused-ring (bicyclic) bond motifs is 4. The Morgan fingerprint density at radius 1 is 1.22 bits per heavy atom. The highest BCUT2D eigenvalue weighted by Gasteiger charge is 2.65. The molecule has 5 rings (SSSR count). The molecule has 1 aromatic rings. The van der Waals surface area contributed by atoms with Crippen LogP contribution >= 0.6 is 0 Å². The van der Waals surface area contributed by atoms with Crippen molar-refractivity contribution in [1.82, 2.24) is 15.1 Å². The van der Waals surface area contributed by atoms with E-state index in [4.69, 9.17) is 0 Å². The number of nitrogens with one attached hydrogen (secondary N) is 2. The quantitative estimate of drug-likeness (QED) is 0.798. The van der Waals surface area contributed by atoms with Crippen molar-refractivity contribution in [3.05, 3.63) is 29.8 Å². The molecule has 2 saturated heterocycles. The van der Waals surface area contributed by atoms with Gasteiger partial charge in [0.15, 0.2) is 0 Å². The molecule has 4 aliphatic rings. The predicted molar refractivity (Wildman–Crippen MR) is 98.7 cm³/mol. The van der Waals surface area contributed by atoms with E-state index < -0.39 is 11.5 Å². The molecule has 0 bridgehead atoms. The zero-order valence-electron chi connectivity index (χ0n) is 15.4. The van der Waals surface area contributed by atoms with Crippen LogP contribution < -0.4 is 10.6 Å². The maximum Gasteiger partial charge on any atom is 0.250 e. The summed E-state index contributed by atoms with van der Waals surface area (Å²) < 4.78 is 0. The second-order valence-corrected chi connectivity index (χ2v) is 8.07. The molecule has 3 aliphatic heterocycles. The highest BCUT2D eigenvalue weighted by molar-refractivity contribution is 6.09. The molecule has 0 aromatic heterocycles. The molecule has 3 amide bonds. The van der Waals surface area contributed by atoms with Crippen LogP contribution in [0.5, 0.6) is 0 Å². The molecule has 0 radical (unpaired) electrons. The summed E-state index contributed by atoms with van der Waals surface area (Å²) in [6, 6.07) is 7.67. The summed E-state index contributed by atoms with van der Waals surface area (Å²) in [6.45, 7) is 1.82. The van der Waals surface area contributed by atoms with E-state index in [1.54, 1.807) is 7.05 Å². The molecule has 1 aliphatic carbocycles. The third-order valence-corrected chi connectivity index (χ3v) is 6.68. The number of anilines is 1. The van der Waals surface area contributed by atoms with Crippen LogP contribution in [0, 0.1) is 11.8 Å². The van der Waals surface area contributed by atoms with Crippen molar-refractivity contribution in [3.63, 3.8) is 0 Å². The number of benzene rings is 1. The van der Waals surface area contributed by atoms with Crippen LogP contribution in [0.1, 0.15) is 24.8 Å². The van der Waals surface area contributed by atoms with Gasteiger partial charge in [-0.15, -0.1) is 0 Å². The number of para-hydroxylation sites is 1. The summed E-state index contributed by atoms with van der Waals surface area (Å²) in [6.07, 6.45) is 2.56. The van der Waals surface area contributed by atoms with Crippen LogP contribution in [-0.4, -0.2) is 60.2 Å². The van der Waals surface area contributed by atoms with E-state index in [-0.39, 0.29) is 29.7 Å². The lowest BCUT2D eigenvalue weighted by Gasteiger charge is -2.44. The van der Waals surface area contributed by atoms with Gasteiger partial charge in [-0.25, -0.2) is 0 Å². The summed E-state index contributed by atoms with van der Waals surface area (Å²) in [5.74, 6) is -0.272. The first-order valence-electron chi connectivity index (χ1n) is 9.75. The zero-order chi connectivity index (χ0) is 18.8. The van der Waals surface area contributed by atoms with Gasteiger partial charge in [-0.05, 0) is 25.3 Å². The van der Waals surface area contributed by atoms with Gasteiger partial charge in [0.05, 0.1) is 5.92 Å². The fourth-order valence-corrected chi connectivity index (χ4v) is 5.32. The van der Waals surface area contributed by atoms with Crippen LogP contribution in [0.25, 0.3) is 0 Å². The van der Waals surface area contributed by atoms with Crippen molar-refractivity contribution in [2.24, 2.45) is 11.8 Å². The summed E-state index contributed by atoms with van der Waals surface area (Å²) in [5, 5.41) is 5.75. The molecule has 142 valence electrons. The van der Waals surface area contributed by atoms with Crippen LogP contribution in [0.15, 0.2) is 24.3 Å². The number of hydrogen-bond acceptors (Lipinski definition) is 4. The molecule has 3 heterocycles. The molecule has 3 atom stereocenters. The van der Waals surface area contributed by atoms with Crippen molar-refractivity contribution in [2.45, 2.75) is 30.8 Å². The first-order chi connectivity index (χ1) is 13.1. The summed E-state index contributed by atoms with van der Waals surface area (Å²) >= 11 is 0. The van der Waals surface area contributed by atoms with Gasteiger partial charge in [-0.1, -0.05) is 18.2 Å². The molecular formula is C20H24N4O3. The molecule has 1 spiro atoms. The zero-order valence-corrected chi connectivity index (χ0v) is 15.4. The number of rotatable bonds is 2. The van der Waals surface area contributed by atoms with Gasteiger partial charge in [0, 0.05) is 49.9 Å². The minimum Gasteiger partial charge on any atom is -0.359 e. The van der Waals surface area contributed by atoms with Crippen molar-refractivity contribution < 1.29 is 14.4 Å². The number of hydrogen-bond donors (Lipinski definition) is 2. The van der Waals surface area contributed by atoms with E-state index in [9.17, 15) is 14.4 Å².